The first-order valence-corrected chi connectivity index (χ1v) is 19.6. The highest BCUT2D eigenvalue weighted by Gasteiger charge is 2.46. The van der Waals surface area contributed by atoms with E-state index in [9.17, 15) is 0 Å². The maximum absolute atomic E-state index is 2.46. The van der Waals surface area contributed by atoms with Crippen molar-refractivity contribution in [1.29, 1.82) is 0 Å². The van der Waals surface area contributed by atoms with Gasteiger partial charge in [0, 0.05) is 34.4 Å². The van der Waals surface area contributed by atoms with Crippen molar-refractivity contribution >= 4 is 28.0 Å². The van der Waals surface area contributed by atoms with Crippen LogP contribution < -0.4 is 4.90 Å². The molecule has 0 bridgehead atoms. The molecule has 1 aromatic heterocycles. The topological polar surface area (TPSA) is 8.17 Å². The SMILES string of the molecule is CC1(C)c2ccccc2-c2ccc(N(c3cccc(-n4ccc5ccccc54)c3)c3ccc4c(c3)-c3ccccc3C4(c3ccccc3)c3ccccc3)cc21. The lowest BCUT2D eigenvalue weighted by atomic mass is 9.68. The Hall–Kier alpha value is -6.90. The number of aromatic nitrogens is 1. The molecule has 8 aromatic carbocycles. The molecule has 2 heteroatoms. The third-order valence-corrected chi connectivity index (χ3v) is 12.5. The largest absolute Gasteiger partial charge is 0.316 e. The molecule has 9 aromatic rings. The molecule has 0 amide bonds. The number of nitrogens with zero attached hydrogens (tertiary/aromatic N) is 2. The molecule has 56 heavy (non-hydrogen) atoms. The maximum atomic E-state index is 2.46. The van der Waals surface area contributed by atoms with Crippen molar-refractivity contribution < 1.29 is 0 Å². The molecule has 0 saturated carbocycles. The summed E-state index contributed by atoms with van der Waals surface area (Å²) < 4.78 is 2.30. The summed E-state index contributed by atoms with van der Waals surface area (Å²) in [4.78, 5) is 2.46. The zero-order chi connectivity index (χ0) is 37.4. The van der Waals surface area contributed by atoms with E-state index in [1.54, 1.807) is 0 Å². The Balaban J connectivity index is 1.15. The second kappa shape index (κ2) is 12.3. The fourth-order valence-electron chi connectivity index (χ4n) is 9.94. The van der Waals surface area contributed by atoms with Gasteiger partial charge in [0.15, 0.2) is 0 Å². The Morgan fingerprint density at radius 2 is 0.964 bits per heavy atom. The lowest BCUT2D eigenvalue weighted by molar-refractivity contribution is 0.660. The van der Waals surface area contributed by atoms with E-state index >= 15 is 0 Å². The molecule has 2 aliphatic carbocycles. The van der Waals surface area contributed by atoms with E-state index in [1.165, 1.54) is 66.5 Å². The van der Waals surface area contributed by atoms with Crippen molar-refractivity contribution in [2.45, 2.75) is 24.7 Å². The minimum atomic E-state index is -0.448. The van der Waals surface area contributed by atoms with E-state index in [-0.39, 0.29) is 5.41 Å². The molecule has 266 valence electrons. The molecule has 0 aliphatic heterocycles. The second-order valence-electron chi connectivity index (χ2n) is 15.8. The van der Waals surface area contributed by atoms with Crippen LogP contribution in [-0.2, 0) is 10.8 Å². The first-order valence-electron chi connectivity index (χ1n) is 19.6. The Bertz CT molecular complexity index is 2910. The summed E-state index contributed by atoms with van der Waals surface area (Å²) in [5, 5.41) is 1.23. The van der Waals surface area contributed by atoms with Crippen molar-refractivity contribution in [2.75, 3.05) is 4.90 Å². The van der Waals surface area contributed by atoms with Crippen molar-refractivity contribution in [1.82, 2.24) is 4.57 Å². The van der Waals surface area contributed by atoms with Gasteiger partial charge in [-0.15, -0.1) is 0 Å². The normalized spacial score (nSPS) is 14.2. The van der Waals surface area contributed by atoms with Gasteiger partial charge in [-0.3, -0.25) is 0 Å². The summed E-state index contributed by atoms with van der Waals surface area (Å²) in [6.45, 7) is 4.73. The van der Waals surface area contributed by atoms with Gasteiger partial charge in [-0.1, -0.05) is 159 Å². The Labute approximate surface area is 328 Å². The predicted octanol–water partition coefficient (Wildman–Crippen LogP) is 13.8. The van der Waals surface area contributed by atoms with Crippen LogP contribution in [0.5, 0.6) is 0 Å². The van der Waals surface area contributed by atoms with E-state index in [2.05, 4.69) is 230 Å². The van der Waals surface area contributed by atoms with Crippen molar-refractivity contribution in [3.63, 3.8) is 0 Å². The first-order chi connectivity index (χ1) is 27.5. The van der Waals surface area contributed by atoms with Gasteiger partial charge in [0.2, 0.25) is 0 Å². The number of hydrogen-bond donors (Lipinski definition) is 0. The van der Waals surface area contributed by atoms with E-state index < -0.39 is 5.41 Å². The number of benzene rings is 8. The van der Waals surface area contributed by atoms with Gasteiger partial charge in [0.05, 0.1) is 10.9 Å². The average Bonchev–Trinajstić information content (AvgIpc) is 3.89. The fourth-order valence-corrected chi connectivity index (χ4v) is 9.94. The van der Waals surface area contributed by atoms with Crippen LogP contribution in [0, 0.1) is 0 Å². The van der Waals surface area contributed by atoms with Crippen LogP contribution >= 0.6 is 0 Å². The molecular weight excluding hydrogens is 677 g/mol. The van der Waals surface area contributed by atoms with Gasteiger partial charge < -0.3 is 9.47 Å². The Morgan fingerprint density at radius 3 is 1.73 bits per heavy atom. The number of fused-ring (bicyclic) bond motifs is 7. The van der Waals surface area contributed by atoms with Gasteiger partial charge in [-0.25, -0.2) is 0 Å². The zero-order valence-corrected chi connectivity index (χ0v) is 31.5. The predicted molar refractivity (Wildman–Crippen MR) is 233 cm³/mol. The van der Waals surface area contributed by atoms with Gasteiger partial charge in [-0.05, 0) is 116 Å². The standard InChI is InChI=1S/C54H40N2/c1-53(2)48-25-12-10-23-44(48)46-30-28-43(36-51(46)53)56(41-22-15-21-40(34-41)55-33-32-37-16-9-14-27-52(37)55)42-29-31-50-47(35-42)45-24-11-13-26-49(45)54(50,38-17-5-3-6-18-38)39-19-7-4-8-20-39/h3-36H,1-2H3. The Morgan fingerprint density at radius 1 is 0.393 bits per heavy atom. The summed E-state index contributed by atoms with van der Waals surface area (Å²) in [6.07, 6.45) is 2.18. The van der Waals surface area contributed by atoms with Crippen LogP contribution in [0.2, 0.25) is 0 Å². The second-order valence-corrected chi connectivity index (χ2v) is 15.8. The number of rotatable bonds is 6. The smallest absolute Gasteiger partial charge is 0.0713 e. The molecule has 2 aliphatic rings. The van der Waals surface area contributed by atoms with Crippen LogP contribution in [0.4, 0.5) is 17.1 Å². The van der Waals surface area contributed by atoms with Crippen molar-refractivity contribution in [3.8, 4) is 27.9 Å². The minimum Gasteiger partial charge on any atom is -0.316 e. The molecule has 11 rings (SSSR count). The van der Waals surface area contributed by atoms with Crippen LogP contribution in [0.25, 0.3) is 38.8 Å². The van der Waals surface area contributed by atoms with E-state index in [0.717, 1.165) is 22.7 Å². The lowest BCUT2D eigenvalue weighted by Crippen LogP contribution is -2.28. The molecule has 0 radical (unpaired) electrons. The third-order valence-electron chi connectivity index (χ3n) is 12.5. The maximum Gasteiger partial charge on any atom is 0.0713 e. The van der Waals surface area contributed by atoms with Crippen LogP contribution in [0.3, 0.4) is 0 Å². The highest BCUT2D eigenvalue weighted by Crippen LogP contribution is 2.57. The monoisotopic (exact) mass is 716 g/mol. The van der Waals surface area contributed by atoms with E-state index in [0.29, 0.717) is 0 Å². The van der Waals surface area contributed by atoms with E-state index in [1.807, 2.05) is 0 Å². The third kappa shape index (κ3) is 4.63. The molecule has 1 heterocycles. The zero-order valence-electron chi connectivity index (χ0n) is 31.5. The summed E-state index contributed by atoms with van der Waals surface area (Å²) in [6, 6.07) is 74.1. The van der Waals surface area contributed by atoms with Crippen LogP contribution in [0.1, 0.15) is 47.2 Å². The van der Waals surface area contributed by atoms with Crippen molar-refractivity contribution in [2.24, 2.45) is 0 Å². The van der Waals surface area contributed by atoms with Crippen molar-refractivity contribution in [3.05, 3.63) is 240 Å². The highest BCUT2D eigenvalue weighted by molar-refractivity contribution is 5.92. The highest BCUT2D eigenvalue weighted by atomic mass is 15.1. The fraction of sp³-hybridized carbons (Fsp3) is 0.0741. The molecule has 0 spiro atoms. The number of anilines is 3. The van der Waals surface area contributed by atoms with Crippen LogP contribution in [-0.4, -0.2) is 4.57 Å². The number of para-hydroxylation sites is 1. The van der Waals surface area contributed by atoms with Gasteiger partial charge >= 0.3 is 0 Å². The first kappa shape index (κ1) is 32.5. The molecule has 2 nitrogen and oxygen atoms in total. The molecule has 0 unspecified atom stereocenters. The molecule has 0 saturated heterocycles. The summed E-state index contributed by atoms with van der Waals surface area (Å²) in [5.41, 5.74) is 18.2. The molecule has 0 N–H and O–H groups in total. The molecule has 0 fully saturated rings. The van der Waals surface area contributed by atoms with Crippen LogP contribution in [0.15, 0.2) is 206 Å². The Kier molecular flexibility index (Phi) is 7.15. The lowest BCUT2D eigenvalue weighted by Gasteiger charge is -2.34. The van der Waals surface area contributed by atoms with Gasteiger partial charge in [-0.2, -0.15) is 0 Å². The summed E-state index contributed by atoms with van der Waals surface area (Å²) in [7, 11) is 0. The summed E-state index contributed by atoms with van der Waals surface area (Å²) >= 11 is 0. The minimum absolute atomic E-state index is 0.124. The molecular formula is C54H40N2. The summed E-state index contributed by atoms with van der Waals surface area (Å²) in [5.74, 6) is 0. The molecule has 0 atom stereocenters. The number of hydrogen-bond acceptors (Lipinski definition) is 1. The van der Waals surface area contributed by atoms with E-state index in [4.69, 9.17) is 0 Å². The quantitative estimate of drug-likeness (QED) is 0.166. The average molecular weight is 717 g/mol. The van der Waals surface area contributed by atoms with Gasteiger partial charge in [0.1, 0.15) is 0 Å². The van der Waals surface area contributed by atoms with Gasteiger partial charge in [0.25, 0.3) is 0 Å².